The van der Waals surface area contributed by atoms with E-state index >= 15 is 0 Å². The zero-order valence-electron chi connectivity index (χ0n) is 12.7. The average Bonchev–Trinajstić information content (AvgIpc) is 2.81. The number of carbonyl (C=O) groups is 2. The molecule has 0 aliphatic heterocycles. The van der Waals surface area contributed by atoms with Crippen molar-refractivity contribution >= 4 is 34.1 Å². The summed E-state index contributed by atoms with van der Waals surface area (Å²) in [6.45, 7) is 7.32. The number of amides is 2. The second kappa shape index (κ2) is 8.46. The van der Waals surface area contributed by atoms with Crippen LogP contribution in [0.15, 0.2) is 0 Å². The lowest BCUT2D eigenvalue weighted by Gasteiger charge is -2.08. The molecular formula is C13H23N5O2S. The molecule has 8 heteroatoms. The van der Waals surface area contributed by atoms with Gasteiger partial charge < -0.3 is 21.7 Å². The monoisotopic (exact) mass is 313 g/mol. The molecule has 7 nitrogen and oxygen atoms in total. The van der Waals surface area contributed by atoms with Gasteiger partial charge in [0, 0.05) is 13.1 Å². The molecule has 0 aliphatic carbocycles. The minimum atomic E-state index is -0.380. The minimum Gasteiger partial charge on any atom is -0.382 e. The van der Waals surface area contributed by atoms with Crippen LogP contribution in [0.4, 0.5) is 10.9 Å². The van der Waals surface area contributed by atoms with Gasteiger partial charge in [-0.15, -0.1) is 0 Å². The van der Waals surface area contributed by atoms with Gasteiger partial charge in [-0.25, -0.2) is 4.98 Å². The van der Waals surface area contributed by atoms with Gasteiger partial charge in [0.15, 0.2) is 5.13 Å². The van der Waals surface area contributed by atoms with Crippen molar-refractivity contribution in [1.29, 1.82) is 0 Å². The first-order valence-corrected chi connectivity index (χ1v) is 7.80. The van der Waals surface area contributed by atoms with Gasteiger partial charge in [-0.05, 0) is 12.3 Å². The highest BCUT2D eigenvalue weighted by molar-refractivity contribution is 7.18. The fourth-order valence-corrected chi connectivity index (χ4v) is 2.25. The van der Waals surface area contributed by atoms with Crippen LogP contribution in [0.1, 0.15) is 36.9 Å². The summed E-state index contributed by atoms with van der Waals surface area (Å²) in [6, 6.07) is 0. The van der Waals surface area contributed by atoms with Crippen LogP contribution in [0, 0.1) is 5.92 Å². The van der Waals surface area contributed by atoms with E-state index < -0.39 is 0 Å². The second-order valence-electron chi connectivity index (χ2n) is 5.04. The fourth-order valence-electron chi connectivity index (χ4n) is 1.42. The number of nitrogens with zero attached hydrogens (tertiary/aromatic N) is 1. The van der Waals surface area contributed by atoms with Crippen molar-refractivity contribution in [2.75, 3.05) is 30.7 Å². The molecule has 0 spiro atoms. The molecule has 0 radical (unpaired) electrons. The lowest BCUT2D eigenvalue weighted by atomic mass is 10.2. The number of hydrogen-bond acceptors (Lipinski definition) is 6. The van der Waals surface area contributed by atoms with E-state index in [0.717, 1.165) is 13.0 Å². The highest BCUT2D eigenvalue weighted by Crippen LogP contribution is 2.24. The zero-order valence-corrected chi connectivity index (χ0v) is 13.5. The largest absolute Gasteiger partial charge is 0.382 e. The van der Waals surface area contributed by atoms with Crippen molar-refractivity contribution < 1.29 is 9.59 Å². The van der Waals surface area contributed by atoms with E-state index in [2.05, 4.69) is 20.9 Å². The van der Waals surface area contributed by atoms with Crippen LogP contribution in [0.25, 0.3) is 0 Å². The number of rotatable bonds is 8. The Morgan fingerprint density at radius 1 is 1.33 bits per heavy atom. The summed E-state index contributed by atoms with van der Waals surface area (Å²) < 4.78 is 0. The van der Waals surface area contributed by atoms with Crippen LogP contribution in [0.2, 0.25) is 0 Å². The lowest BCUT2D eigenvalue weighted by molar-refractivity contribution is -0.120. The van der Waals surface area contributed by atoms with E-state index in [4.69, 9.17) is 5.73 Å². The lowest BCUT2D eigenvalue weighted by Crippen LogP contribution is -2.38. The third kappa shape index (κ3) is 5.99. The molecule has 0 aromatic carbocycles. The van der Waals surface area contributed by atoms with Gasteiger partial charge in [-0.1, -0.05) is 32.1 Å². The van der Waals surface area contributed by atoms with E-state index in [1.54, 1.807) is 0 Å². The Kier molecular flexibility index (Phi) is 6.93. The van der Waals surface area contributed by atoms with Gasteiger partial charge in [0.05, 0.1) is 6.54 Å². The van der Waals surface area contributed by atoms with Gasteiger partial charge in [0.1, 0.15) is 10.7 Å². The van der Waals surface area contributed by atoms with Crippen molar-refractivity contribution in [2.24, 2.45) is 5.92 Å². The van der Waals surface area contributed by atoms with Crippen molar-refractivity contribution in [3.63, 3.8) is 0 Å². The number of nitrogens with two attached hydrogens (primary N) is 1. The van der Waals surface area contributed by atoms with Crippen LogP contribution >= 0.6 is 11.3 Å². The van der Waals surface area contributed by atoms with E-state index in [1.165, 1.54) is 11.3 Å². The Balaban J connectivity index is 2.48. The number of anilines is 2. The highest BCUT2D eigenvalue weighted by Gasteiger charge is 2.16. The van der Waals surface area contributed by atoms with Crippen molar-refractivity contribution in [1.82, 2.24) is 15.6 Å². The summed E-state index contributed by atoms with van der Waals surface area (Å²) in [4.78, 5) is 27.9. The molecule has 0 aliphatic rings. The molecule has 1 aromatic heterocycles. The Morgan fingerprint density at radius 2 is 2.05 bits per heavy atom. The van der Waals surface area contributed by atoms with E-state index in [9.17, 15) is 9.59 Å². The van der Waals surface area contributed by atoms with Gasteiger partial charge in [0.25, 0.3) is 5.91 Å². The average molecular weight is 313 g/mol. The smallest absolute Gasteiger partial charge is 0.265 e. The summed E-state index contributed by atoms with van der Waals surface area (Å²) in [5, 5.41) is 8.96. The predicted octanol–water partition coefficient (Wildman–Crippen LogP) is 1.05. The van der Waals surface area contributed by atoms with Crippen molar-refractivity contribution in [3.8, 4) is 0 Å². The second-order valence-corrected chi connectivity index (χ2v) is 6.04. The Morgan fingerprint density at radius 3 is 2.67 bits per heavy atom. The molecule has 21 heavy (non-hydrogen) atoms. The third-order valence-electron chi connectivity index (χ3n) is 2.50. The zero-order chi connectivity index (χ0) is 15.8. The highest BCUT2D eigenvalue weighted by atomic mass is 32.1. The van der Waals surface area contributed by atoms with Crippen molar-refractivity contribution in [3.05, 3.63) is 4.88 Å². The first-order valence-electron chi connectivity index (χ1n) is 6.99. The van der Waals surface area contributed by atoms with Gasteiger partial charge in [-0.3, -0.25) is 9.59 Å². The number of nitrogen functional groups attached to an aromatic ring is 1. The van der Waals surface area contributed by atoms with Gasteiger partial charge in [0.2, 0.25) is 5.91 Å². The Hall–Kier alpha value is -1.83. The number of carbonyl (C=O) groups excluding carboxylic acids is 2. The molecule has 0 unspecified atom stereocenters. The molecule has 2 amide bonds. The van der Waals surface area contributed by atoms with E-state index in [1.807, 2.05) is 20.8 Å². The molecule has 0 bridgehead atoms. The predicted molar refractivity (Wildman–Crippen MR) is 85.5 cm³/mol. The topological polar surface area (TPSA) is 109 Å². The Labute approximate surface area is 128 Å². The molecule has 1 heterocycles. The SMILES string of the molecule is CCCNc1nc(N)c(C(=O)NCC(=O)NCC(C)C)s1. The van der Waals surface area contributed by atoms with Crippen molar-refractivity contribution in [2.45, 2.75) is 27.2 Å². The van der Waals surface area contributed by atoms with E-state index in [0.29, 0.717) is 22.5 Å². The maximum Gasteiger partial charge on any atom is 0.265 e. The summed E-state index contributed by atoms with van der Waals surface area (Å²) in [5.41, 5.74) is 5.72. The molecule has 0 saturated heterocycles. The standard InChI is InChI=1S/C13H23N5O2S/c1-4-5-15-13-18-11(14)10(21-13)12(20)17-7-9(19)16-6-8(2)3/h8H,4-7,14H2,1-3H3,(H,15,18)(H,16,19)(H,17,20). The molecule has 118 valence electrons. The summed E-state index contributed by atoms with van der Waals surface area (Å²) in [6.07, 6.45) is 0.955. The molecule has 1 rings (SSSR count). The van der Waals surface area contributed by atoms with Crippen LogP contribution in [0.3, 0.4) is 0 Å². The Bertz CT molecular complexity index is 487. The third-order valence-corrected chi connectivity index (χ3v) is 3.53. The quantitative estimate of drug-likeness (QED) is 0.573. The molecule has 0 saturated carbocycles. The normalized spacial score (nSPS) is 10.5. The molecule has 5 N–H and O–H groups in total. The molecule has 0 fully saturated rings. The number of hydrogen-bond donors (Lipinski definition) is 4. The fraction of sp³-hybridized carbons (Fsp3) is 0.615. The van der Waals surface area contributed by atoms with E-state index in [-0.39, 0.29) is 24.2 Å². The van der Waals surface area contributed by atoms with Gasteiger partial charge in [-0.2, -0.15) is 0 Å². The maximum absolute atomic E-state index is 12.0. The summed E-state index contributed by atoms with van der Waals surface area (Å²) >= 11 is 1.19. The molecule has 0 atom stereocenters. The van der Waals surface area contributed by atoms with Gasteiger partial charge >= 0.3 is 0 Å². The van der Waals surface area contributed by atoms with Crippen LogP contribution in [0.5, 0.6) is 0 Å². The number of thiazole rings is 1. The van der Waals surface area contributed by atoms with Crippen LogP contribution in [-0.2, 0) is 4.79 Å². The molecular weight excluding hydrogens is 290 g/mol. The summed E-state index contributed by atoms with van der Waals surface area (Å²) in [7, 11) is 0. The van der Waals surface area contributed by atoms with Crippen LogP contribution in [-0.4, -0.2) is 36.4 Å². The number of aromatic nitrogens is 1. The first-order chi connectivity index (χ1) is 9.93. The molecule has 1 aromatic rings. The minimum absolute atomic E-state index is 0.0688. The first kappa shape index (κ1) is 17.2. The summed E-state index contributed by atoms with van der Waals surface area (Å²) in [5.74, 6) is -0.0496. The van der Waals surface area contributed by atoms with Crippen LogP contribution < -0.4 is 21.7 Å². The maximum atomic E-state index is 12.0. The number of nitrogens with one attached hydrogen (secondary N) is 3.